The molecule has 4 heterocycles. The van der Waals surface area contributed by atoms with Crippen LogP contribution in [0.25, 0.3) is 98.7 Å². The van der Waals surface area contributed by atoms with Crippen LogP contribution >= 0.6 is 11.3 Å². The molecule has 0 amide bonds. The Balaban J connectivity index is 1.26. The Kier molecular flexibility index (Phi) is 5.64. The average Bonchev–Trinajstić information content (AvgIpc) is 3.85. The summed E-state index contributed by atoms with van der Waals surface area (Å²) in [5.74, 6) is 2.61. The molecular formula is C40H23N5OS. The van der Waals surface area contributed by atoms with Crippen molar-refractivity contribution in [3.05, 3.63) is 133 Å². The van der Waals surface area contributed by atoms with Crippen LogP contribution in [0.4, 0.5) is 0 Å². The molecule has 0 aliphatic rings. The van der Waals surface area contributed by atoms with Crippen molar-refractivity contribution in [1.82, 2.24) is 24.9 Å². The summed E-state index contributed by atoms with van der Waals surface area (Å²) in [7, 11) is 0. The van der Waals surface area contributed by atoms with Crippen LogP contribution < -0.4 is 0 Å². The number of nitrogens with zero attached hydrogens (tertiary/aromatic N) is 4. The minimum Gasteiger partial charge on any atom is -0.455 e. The summed E-state index contributed by atoms with van der Waals surface area (Å²) in [5.41, 5.74) is 7.26. The quantitative estimate of drug-likeness (QED) is 0.211. The summed E-state index contributed by atoms with van der Waals surface area (Å²) < 4.78 is 8.76. The molecule has 7 heteroatoms. The van der Waals surface area contributed by atoms with E-state index in [0.29, 0.717) is 17.5 Å². The molecule has 4 aromatic heterocycles. The van der Waals surface area contributed by atoms with E-state index in [1.165, 1.54) is 4.70 Å². The Morgan fingerprint density at radius 1 is 0.489 bits per heavy atom. The van der Waals surface area contributed by atoms with Crippen molar-refractivity contribution in [3.63, 3.8) is 0 Å². The molecule has 6 aromatic carbocycles. The summed E-state index contributed by atoms with van der Waals surface area (Å²) in [6.07, 6.45) is 0. The first-order valence-electron chi connectivity index (χ1n) is 15.4. The van der Waals surface area contributed by atoms with E-state index in [2.05, 4.69) is 59.6 Å². The predicted octanol–water partition coefficient (Wildman–Crippen LogP) is 10.7. The second-order valence-electron chi connectivity index (χ2n) is 11.5. The molecular weight excluding hydrogens is 599 g/mol. The van der Waals surface area contributed by atoms with Gasteiger partial charge in [0.1, 0.15) is 17.0 Å². The van der Waals surface area contributed by atoms with Crippen LogP contribution in [-0.4, -0.2) is 24.9 Å². The number of aromatic amines is 1. The summed E-state index contributed by atoms with van der Waals surface area (Å²) in [6, 6.07) is 45.2. The Bertz CT molecular complexity index is 2780. The molecule has 47 heavy (non-hydrogen) atoms. The lowest BCUT2D eigenvalue weighted by atomic mass is 10.0. The van der Waals surface area contributed by atoms with Crippen molar-refractivity contribution in [2.45, 2.75) is 0 Å². The van der Waals surface area contributed by atoms with Crippen molar-refractivity contribution in [2.24, 2.45) is 0 Å². The molecule has 10 aromatic rings. The van der Waals surface area contributed by atoms with E-state index in [1.807, 2.05) is 78.9 Å². The third kappa shape index (κ3) is 4.10. The third-order valence-electron chi connectivity index (χ3n) is 8.72. The second kappa shape index (κ2) is 10.2. The first-order valence-corrected chi connectivity index (χ1v) is 16.2. The zero-order valence-electron chi connectivity index (χ0n) is 24.8. The first-order chi connectivity index (χ1) is 23.3. The van der Waals surface area contributed by atoms with E-state index in [9.17, 15) is 0 Å². The van der Waals surface area contributed by atoms with Crippen molar-refractivity contribution in [2.75, 3.05) is 0 Å². The minimum atomic E-state index is 0.563. The predicted molar refractivity (Wildman–Crippen MR) is 191 cm³/mol. The van der Waals surface area contributed by atoms with Crippen LogP contribution in [0.1, 0.15) is 0 Å². The van der Waals surface area contributed by atoms with Crippen LogP contribution in [-0.2, 0) is 0 Å². The zero-order chi connectivity index (χ0) is 30.9. The Hall–Kier alpha value is -6.18. The van der Waals surface area contributed by atoms with Gasteiger partial charge in [-0.05, 0) is 36.4 Å². The van der Waals surface area contributed by atoms with E-state index in [1.54, 1.807) is 11.3 Å². The lowest BCUT2D eigenvalue weighted by Gasteiger charge is -2.10. The minimum absolute atomic E-state index is 0.563. The molecule has 10 rings (SSSR count). The van der Waals surface area contributed by atoms with Gasteiger partial charge in [-0.2, -0.15) is 0 Å². The molecule has 0 fully saturated rings. The molecule has 0 bridgehead atoms. The van der Waals surface area contributed by atoms with E-state index in [4.69, 9.17) is 24.4 Å². The van der Waals surface area contributed by atoms with Crippen molar-refractivity contribution >= 4 is 64.5 Å². The Morgan fingerprint density at radius 2 is 1.13 bits per heavy atom. The van der Waals surface area contributed by atoms with Crippen LogP contribution in [0.5, 0.6) is 0 Å². The number of benzene rings is 6. The molecule has 0 spiro atoms. The topological polar surface area (TPSA) is 80.5 Å². The molecule has 0 atom stereocenters. The normalized spacial score (nSPS) is 11.8. The Morgan fingerprint density at radius 3 is 1.98 bits per heavy atom. The molecule has 0 aliphatic heterocycles. The third-order valence-corrected chi connectivity index (χ3v) is 9.84. The van der Waals surface area contributed by atoms with Gasteiger partial charge in [-0.3, -0.25) is 0 Å². The van der Waals surface area contributed by atoms with Gasteiger partial charge in [-0.1, -0.05) is 97.1 Å². The molecule has 0 saturated heterocycles. The fourth-order valence-electron chi connectivity index (χ4n) is 6.59. The number of hydrogen-bond acceptors (Lipinski definition) is 6. The van der Waals surface area contributed by atoms with Crippen LogP contribution in [0.2, 0.25) is 0 Å². The van der Waals surface area contributed by atoms with Crippen LogP contribution in [0.3, 0.4) is 0 Å². The molecule has 0 unspecified atom stereocenters. The molecule has 0 aliphatic carbocycles. The van der Waals surface area contributed by atoms with E-state index < -0.39 is 0 Å². The van der Waals surface area contributed by atoms with Gasteiger partial charge in [0.15, 0.2) is 17.5 Å². The summed E-state index contributed by atoms with van der Waals surface area (Å²) in [6.45, 7) is 0. The van der Waals surface area contributed by atoms with Crippen molar-refractivity contribution in [1.29, 1.82) is 0 Å². The number of furan rings is 1. The van der Waals surface area contributed by atoms with E-state index >= 15 is 0 Å². The van der Waals surface area contributed by atoms with Gasteiger partial charge in [0.05, 0.1) is 16.6 Å². The number of imidazole rings is 1. The zero-order valence-corrected chi connectivity index (χ0v) is 25.6. The van der Waals surface area contributed by atoms with Gasteiger partial charge in [-0.25, -0.2) is 19.9 Å². The highest BCUT2D eigenvalue weighted by atomic mass is 32.1. The van der Waals surface area contributed by atoms with Crippen molar-refractivity contribution < 1.29 is 4.42 Å². The molecule has 0 radical (unpaired) electrons. The maximum absolute atomic E-state index is 6.43. The Labute approximate surface area is 272 Å². The number of fused-ring (bicyclic) bond motifs is 7. The molecule has 0 saturated carbocycles. The second-order valence-corrected chi connectivity index (χ2v) is 12.6. The smallest absolute Gasteiger partial charge is 0.167 e. The maximum atomic E-state index is 6.43. The summed E-state index contributed by atoms with van der Waals surface area (Å²) in [5, 5.41) is 4.32. The van der Waals surface area contributed by atoms with Crippen LogP contribution in [0, 0.1) is 0 Å². The van der Waals surface area contributed by atoms with E-state index in [0.717, 1.165) is 76.5 Å². The summed E-state index contributed by atoms with van der Waals surface area (Å²) >= 11 is 1.76. The molecule has 6 nitrogen and oxygen atoms in total. The first kappa shape index (κ1) is 26.1. The number of rotatable bonds is 4. The van der Waals surface area contributed by atoms with Crippen LogP contribution in [0.15, 0.2) is 138 Å². The van der Waals surface area contributed by atoms with Gasteiger partial charge < -0.3 is 9.40 Å². The lowest BCUT2D eigenvalue weighted by molar-refractivity contribution is 0.669. The van der Waals surface area contributed by atoms with E-state index in [-0.39, 0.29) is 0 Å². The largest absolute Gasteiger partial charge is 0.455 e. The number of hydrogen-bond donors (Lipinski definition) is 1. The molecule has 1 N–H and O–H groups in total. The number of aromatic nitrogens is 5. The van der Waals surface area contributed by atoms with Gasteiger partial charge in [0.25, 0.3) is 0 Å². The average molecular weight is 622 g/mol. The highest BCUT2D eigenvalue weighted by molar-refractivity contribution is 7.26. The van der Waals surface area contributed by atoms with Crippen molar-refractivity contribution in [3.8, 4) is 45.6 Å². The number of nitrogens with one attached hydrogen (secondary N) is 1. The van der Waals surface area contributed by atoms with Gasteiger partial charge >= 0.3 is 0 Å². The molecule has 220 valence electrons. The van der Waals surface area contributed by atoms with Gasteiger partial charge in [0, 0.05) is 47.6 Å². The van der Waals surface area contributed by atoms with Gasteiger partial charge in [0.2, 0.25) is 0 Å². The highest BCUT2D eigenvalue weighted by Crippen LogP contribution is 2.44. The van der Waals surface area contributed by atoms with Gasteiger partial charge in [-0.15, -0.1) is 11.3 Å². The highest BCUT2D eigenvalue weighted by Gasteiger charge is 2.21. The summed E-state index contributed by atoms with van der Waals surface area (Å²) in [4.78, 5) is 23.9. The number of para-hydroxylation sites is 4. The number of H-pyrrole nitrogens is 1. The standard InChI is InChI=1S/C40H23N5OS/c1-2-11-23(12-3-1)37-43-39(45-40(44-37)28-17-8-14-25-24-13-4-7-20-31(24)46-36(25)28)27-16-10-22-33-35(27)34-26(15-9-21-32(34)47-33)38-41-29-18-5-6-19-30(29)42-38/h1-22H,(H,41,42). The fourth-order valence-corrected chi connectivity index (χ4v) is 7.75. The number of thiophene rings is 1. The lowest BCUT2D eigenvalue weighted by Crippen LogP contribution is -2.00. The fraction of sp³-hybridized carbons (Fsp3) is 0. The SMILES string of the molecule is c1ccc(-c2nc(-c3cccc4c3oc3ccccc34)nc(-c3cccc4sc5cccc(-c6nc7ccccc7[nH]6)c5c34)n2)cc1. The maximum Gasteiger partial charge on any atom is 0.167 e. The monoisotopic (exact) mass is 621 g/mol.